The first kappa shape index (κ1) is 20.5. The van der Waals surface area contributed by atoms with E-state index in [1.807, 2.05) is 37.8 Å². The molecule has 166 valence electrons. The molecule has 4 heterocycles. The van der Waals surface area contributed by atoms with Crippen molar-refractivity contribution in [1.29, 1.82) is 0 Å². The van der Waals surface area contributed by atoms with E-state index in [0.29, 0.717) is 55.9 Å². The van der Waals surface area contributed by atoms with Gasteiger partial charge in [0, 0.05) is 44.1 Å². The SMILES string of the molecule is CCn1nc2c(c1C)OC1(CCN(C(=O)c3cc(C)c4[nH]c(=O)ccc4c3)CC1)CC2=O. The molecule has 2 aliphatic heterocycles. The lowest BCUT2D eigenvalue weighted by Gasteiger charge is -2.43. The number of fused-ring (bicyclic) bond motifs is 2. The van der Waals surface area contributed by atoms with Crippen molar-refractivity contribution in [3.63, 3.8) is 0 Å². The fourth-order valence-electron chi connectivity index (χ4n) is 4.92. The zero-order valence-electron chi connectivity index (χ0n) is 18.5. The number of aromatic nitrogens is 3. The summed E-state index contributed by atoms with van der Waals surface area (Å²) >= 11 is 0. The minimum absolute atomic E-state index is 0.0143. The molecule has 2 aliphatic rings. The number of nitrogens with zero attached hydrogens (tertiary/aromatic N) is 3. The van der Waals surface area contributed by atoms with Crippen molar-refractivity contribution >= 4 is 22.6 Å². The average molecular weight is 434 g/mol. The van der Waals surface area contributed by atoms with Crippen LogP contribution in [0.1, 0.15) is 58.3 Å². The van der Waals surface area contributed by atoms with Crippen molar-refractivity contribution in [3.8, 4) is 5.75 Å². The smallest absolute Gasteiger partial charge is 0.253 e. The molecule has 0 saturated carbocycles. The molecule has 0 bridgehead atoms. The van der Waals surface area contributed by atoms with Crippen LogP contribution in [0.25, 0.3) is 10.9 Å². The molecule has 2 aromatic heterocycles. The van der Waals surface area contributed by atoms with Gasteiger partial charge in [-0.3, -0.25) is 19.1 Å². The second kappa shape index (κ2) is 7.32. The summed E-state index contributed by atoms with van der Waals surface area (Å²) in [6.45, 7) is 7.52. The standard InChI is InChI=1S/C24H26N4O4/c1-4-28-15(3)22-21(26-28)18(29)13-24(32-22)7-9-27(10-8-24)23(31)17-11-14(2)20-16(12-17)5-6-19(30)25-20/h5-6,11-12H,4,7-10,13H2,1-3H3,(H,25,30). The number of amides is 1. The molecular weight excluding hydrogens is 408 g/mol. The maximum Gasteiger partial charge on any atom is 0.253 e. The Balaban J connectivity index is 1.36. The van der Waals surface area contributed by atoms with Gasteiger partial charge in [0.25, 0.3) is 5.91 Å². The normalized spacial score (nSPS) is 17.5. The Morgan fingerprint density at radius 1 is 1.19 bits per heavy atom. The second-order valence-corrected chi connectivity index (χ2v) is 8.84. The minimum Gasteiger partial charge on any atom is -0.482 e. The summed E-state index contributed by atoms with van der Waals surface area (Å²) in [7, 11) is 0. The predicted octanol–water partition coefficient (Wildman–Crippen LogP) is 3.00. The van der Waals surface area contributed by atoms with Crippen molar-refractivity contribution in [2.45, 2.75) is 52.2 Å². The highest BCUT2D eigenvalue weighted by Crippen LogP contribution is 2.41. The molecule has 0 radical (unpaired) electrons. The van der Waals surface area contributed by atoms with E-state index in [0.717, 1.165) is 22.2 Å². The Morgan fingerprint density at radius 3 is 2.66 bits per heavy atom. The molecule has 8 nitrogen and oxygen atoms in total. The molecule has 0 atom stereocenters. The van der Waals surface area contributed by atoms with Crippen molar-refractivity contribution < 1.29 is 14.3 Å². The number of rotatable bonds is 2. The summed E-state index contributed by atoms with van der Waals surface area (Å²) in [5.74, 6) is 0.566. The third kappa shape index (κ3) is 3.21. The van der Waals surface area contributed by atoms with Crippen molar-refractivity contribution in [2.75, 3.05) is 13.1 Å². The van der Waals surface area contributed by atoms with Gasteiger partial charge in [0.1, 0.15) is 5.60 Å². The quantitative estimate of drug-likeness (QED) is 0.669. The Labute approximate surface area is 185 Å². The molecule has 0 aliphatic carbocycles. The van der Waals surface area contributed by atoms with Crippen LogP contribution in [0.5, 0.6) is 5.75 Å². The van der Waals surface area contributed by atoms with Crippen LogP contribution >= 0.6 is 0 Å². The van der Waals surface area contributed by atoms with Crippen molar-refractivity contribution in [2.24, 2.45) is 0 Å². The van der Waals surface area contributed by atoms with Gasteiger partial charge in [0.2, 0.25) is 5.56 Å². The number of hydrogen-bond donors (Lipinski definition) is 1. The molecule has 0 unspecified atom stereocenters. The number of Topliss-reactive ketones (excluding diaryl/α,β-unsaturated/α-hetero) is 1. The van der Waals surface area contributed by atoms with Gasteiger partial charge in [0.15, 0.2) is 17.2 Å². The molecule has 3 aromatic rings. The van der Waals surface area contributed by atoms with Gasteiger partial charge in [-0.1, -0.05) is 0 Å². The molecule has 8 heteroatoms. The number of pyridine rings is 1. The number of carbonyl (C=O) groups excluding carboxylic acids is 2. The van der Waals surface area contributed by atoms with E-state index in [2.05, 4.69) is 10.1 Å². The number of aromatic amines is 1. The lowest BCUT2D eigenvalue weighted by molar-refractivity contribution is -0.00628. The van der Waals surface area contributed by atoms with Crippen LogP contribution in [0.4, 0.5) is 0 Å². The van der Waals surface area contributed by atoms with Gasteiger partial charge < -0.3 is 14.6 Å². The zero-order valence-corrected chi connectivity index (χ0v) is 18.5. The van der Waals surface area contributed by atoms with E-state index in [1.54, 1.807) is 10.7 Å². The van der Waals surface area contributed by atoms with Crippen LogP contribution in [0, 0.1) is 13.8 Å². The Hall–Kier alpha value is -3.42. The summed E-state index contributed by atoms with van der Waals surface area (Å²) in [5, 5.41) is 5.24. The Kier molecular flexibility index (Phi) is 4.69. The molecular formula is C24H26N4O4. The highest BCUT2D eigenvalue weighted by Gasteiger charge is 2.45. The molecule has 5 rings (SSSR count). The largest absolute Gasteiger partial charge is 0.482 e. The number of H-pyrrole nitrogens is 1. The van der Waals surface area contributed by atoms with Crippen LogP contribution in [0.2, 0.25) is 0 Å². The Bertz CT molecular complexity index is 1310. The van der Waals surface area contributed by atoms with E-state index < -0.39 is 5.60 Å². The molecule has 1 aromatic carbocycles. The van der Waals surface area contributed by atoms with Crippen LogP contribution in [0.15, 0.2) is 29.1 Å². The fraction of sp³-hybridized carbons (Fsp3) is 0.417. The average Bonchev–Trinajstić information content (AvgIpc) is 3.10. The van der Waals surface area contributed by atoms with Crippen LogP contribution in [0.3, 0.4) is 0 Å². The zero-order chi connectivity index (χ0) is 22.6. The van der Waals surface area contributed by atoms with Crippen molar-refractivity contribution in [1.82, 2.24) is 19.7 Å². The van der Waals surface area contributed by atoms with Gasteiger partial charge >= 0.3 is 0 Å². The fourth-order valence-corrected chi connectivity index (χ4v) is 4.92. The van der Waals surface area contributed by atoms with E-state index >= 15 is 0 Å². The first-order valence-electron chi connectivity index (χ1n) is 11.0. The summed E-state index contributed by atoms with van der Waals surface area (Å²) < 4.78 is 8.19. The summed E-state index contributed by atoms with van der Waals surface area (Å²) in [6.07, 6.45) is 1.49. The molecule has 1 spiro atoms. The highest BCUT2D eigenvalue weighted by molar-refractivity contribution is 6.00. The van der Waals surface area contributed by atoms with E-state index in [4.69, 9.17) is 4.74 Å². The number of hydrogen-bond acceptors (Lipinski definition) is 5. The molecule has 32 heavy (non-hydrogen) atoms. The molecule has 1 saturated heterocycles. The van der Waals surface area contributed by atoms with Gasteiger partial charge in [-0.15, -0.1) is 0 Å². The number of likely N-dealkylation sites (tertiary alicyclic amines) is 1. The number of nitrogens with one attached hydrogen (secondary N) is 1. The lowest BCUT2D eigenvalue weighted by Crippen LogP contribution is -2.52. The van der Waals surface area contributed by atoms with E-state index in [1.165, 1.54) is 6.07 Å². The number of carbonyl (C=O) groups is 2. The maximum atomic E-state index is 13.2. The van der Waals surface area contributed by atoms with Gasteiger partial charge in [-0.2, -0.15) is 5.10 Å². The van der Waals surface area contributed by atoms with Gasteiger partial charge in [0.05, 0.1) is 17.6 Å². The Morgan fingerprint density at radius 2 is 1.94 bits per heavy atom. The third-order valence-electron chi connectivity index (χ3n) is 6.75. The third-order valence-corrected chi connectivity index (χ3v) is 6.75. The predicted molar refractivity (Wildman–Crippen MR) is 119 cm³/mol. The summed E-state index contributed by atoms with van der Waals surface area (Å²) in [6, 6.07) is 6.84. The first-order chi connectivity index (χ1) is 15.3. The van der Waals surface area contributed by atoms with Crippen LogP contribution < -0.4 is 10.3 Å². The number of benzene rings is 1. The van der Waals surface area contributed by atoms with Gasteiger partial charge in [-0.05, 0) is 49.9 Å². The maximum absolute atomic E-state index is 13.2. The molecule has 1 fully saturated rings. The molecule has 1 amide bonds. The van der Waals surface area contributed by atoms with Crippen LogP contribution in [-0.4, -0.2) is 50.0 Å². The van der Waals surface area contributed by atoms with E-state index in [-0.39, 0.29) is 17.2 Å². The molecule has 1 N–H and O–H groups in total. The second-order valence-electron chi connectivity index (χ2n) is 8.84. The minimum atomic E-state index is -0.577. The first-order valence-corrected chi connectivity index (χ1v) is 11.0. The van der Waals surface area contributed by atoms with E-state index in [9.17, 15) is 14.4 Å². The summed E-state index contributed by atoms with van der Waals surface area (Å²) in [4.78, 5) is 42.3. The number of ketones is 1. The lowest BCUT2D eigenvalue weighted by atomic mass is 9.83. The number of aryl methyl sites for hydroxylation is 2. The number of piperidine rings is 1. The monoisotopic (exact) mass is 434 g/mol. The van der Waals surface area contributed by atoms with Crippen LogP contribution in [-0.2, 0) is 6.54 Å². The van der Waals surface area contributed by atoms with Crippen molar-refractivity contribution in [3.05, 3.63) is 57.1 Å². The topological polar surface area (TPSA) is 97.3 Å². The number of ether oxygens (including phenoxy) is 1. The van der Waals surface area contributed by atoms with Gasteiger partial charge in [-0.25, -0.2) is 0 Å². The highest BCUT2D eigenvalue weighted by atomic mass is 16.5. The summed E-state index contributed by atoms with van der Waals surface area (Å²) in [5.41, 5.74) is 2.77.